The lowest BCUT2D eigenvalue weighted by Crippen LogP contribution is -2.35. The van der Waals surface area contributed by atoms with Gasteiger partial charge in [-0.2, -0.15) is 0 Å². The van der Waals surface area contributed by atoms with Gasteiger partial charge in [-0.05, 0) is 38.0 Å². The number of benzene rings is 1. The Kier molecular flexibility index (Phi) is 5.26. The zero-order valence-corrected chi connectivity index (χ0v) is 14.7. The second-order valence-electron chi connectivity index (χ2n) is 6.29. The molecule has 6 nitrogen and oxygen atoms in total. The lowest BCUT2D eigenvalue weighted by Gasteiger charge is -2.19. The smallest absolute Gasteiger partial charge is 0.375 e. The second kappa shape index (κ2) is 7.59. The minimum absolute atomic E-state index is 0.131. The highest BCUT2D eigenvalue weighted by Crippen LogP contribution is 2.29. The molecule has 1 aromatic heterocycles. The molecule has 2 aromatic rings. The van der Waals surface area contributed by atoms with Gasteiger partial charge in [0.2, 0.25) is 5.76 Å². The Morgan fingerprint density at radius 1 is 1.16 bits per heavy atom. The van der Waals surface area contributed by atoms with E-state index in [0.29, 0.717) is 16.9 Å². The summed E-state index contributed by atoms with van der Waals surface area (Å²) >= 11 is 0. The van der Waals surface area contributed by atoms with E-state index in [0.717, 1.165) is 44.2 Å². The van der Waals surface area contributed by atoms with Crippen LogP contribution in [0.5, 0.6) is 5.75 Å². The Morgan fingerprint density at radius 3 is 2.56 bits per heavy atom. The van der Waals surface area contributed by atoms with Crippen LogP contribution in [0, 0.1) is 6.92 Å². The van der Waals surface area contributed by atoms with Gasteiger partial charge in [-0.25, -0.2) is 4.79 Å². The van der Waals surface area contributed by atoms with Gasteiger partial charge in [0, 0.05) is 24.0 Å². The highest BCUT2D eigenvalue weighted by molar-refractivity contribution is 5.97. The molecule has 1 aromatic carbocycles. The van der Waals surface area contributed by atoms with Gasteiger partial charge in [-0.15, -0.1) is 0 Å². The van der Waals surface area contributed by atoms with Crippen LogP contribution in [0.1, 0.15) is 41.8 Å². The number of carbonyl (C=O) groups is 2. The van der Waals surface area contributed by atoms with E-state index >= 15 is 0 Å². The van der Waals surface area contributed by atoms with E-state index in [4.69, 9.17) is 13.9 Å². The van der Waals surface area contributed by atoms with E-state index in [1.807, 2.05) is 6.07 Å². The van der Waals surface area contributed by atoms with Crippen LogP contribution in [0.3, 0.4) is 0 Å². The van der Waals surface area contributed by atoms with Gasteiger partial charge in [0.25, 0.3) is 5.91 Å². The monoisotopic (exact) mass is 345 g/mol. The molecular weight excluding hydrogens is 322 g/mol. The van der Waals surface area contributed by atoms with E-state index in [1.165, 1.54) is 0 Å². The van der Waals surface area contributed by atoms with Gasteiger partial charge in [-0.3, -0.25) is 4.79 Å². The molecule has 0 atom stereocenters. The van der Waals surface area contributed by atoms with Gasteiger partial charge in [-0.1, -0.05) is 12.8 Å². The largest absolute Gasteiger partial charge is 0.497 e. The third kappa shape index (κ3) is 3.78. The number of hydrogen-bond donors (Lipinski definition) is 0. The first-order valence-electron chi connectivity index (χ1n) is 8.62. The molecule has 3 rings (SSSR count). The number of hydrogen-bond acceptors (Lipinski definition) is 5. The van der Waals surface area contributed by atoms with Crippen molar-refractivity contribution < 1.29 is 23.5 Å². The van der Waals surface area contributed by atoms with Crippen molar-refractivity contribution >= 4 is 22.8 Å². The maximum Gasteiger partial charge on any atom is 0.375 e. The maximum atomic E-state index is 12.3. The minimum Gasteiger partial charge on any atom is -0.497 e. The number of aryl methyl sites for hydroxylation is 1. The summed E-state index contributed by atoms with van der Waals surface area (Å²) in [6, 6.07) is 5.33. The lowest BCUT2D eigenvalue weighted by atomic mass is 10.1. The second-order valence-corrected chi connectivity index (χ2v) is 6.29. The van der Waals surface area contributed by atoms with Crippen LogP contribution in [0.4, 0.5) is 0 Å². The lowest BCUT2D eigenvalue weighted by molar-refractivity contribution is -0.134. The molecule has 1 saturated heterocycles. The Labute approximate surface area is 146 Å². The van der Waals surface area contributed by atoms with Gasteiger partial charge >= 0.3 is 5.97 Å². The van der Waals surface area contributed by atoms with E-state index in [-0.39, 0.29) is 18.3 Å². The number of methoxy groups -OCH3 is 1. The summed E-state index contributed by atoms with van der Waals surface area (Å²) in [7, 11) is 1.58. The molecule has 0 aliphatic carbocycles. The van der Waals surface area contributed by atoms with Crippen molar-refractivity contribution in [1.29, 1.82) is 0 Å². The molecule has 0 saturated carbocycles. The molecule has 134 valence electrons. The molecule has 2 heterocycles. The molecule has 25 heavy (non-hydrogen) atoms. The van der Waals surface area contributed by atoms with Crippen molar-refractivity contribution in [3.8, 4) is 5.75 Å². The first kappa shape index (κ1) is 17.3. The van der Waals surface area contributed by atoms with Gasteiger partial charge in [0.1, 0.15) is 11.3 Å². The van der Waals surface area contributed by atoms with E-state index in [1.54, 1.807) is 31.1 Å². The zero-order chi connectivity index (χ0) is 17.8. The molecule has 6 heteroatoms. The number of amides is 1. The fourth-order valence-electron chi connectivity index (χ4n) is 3.13. The van der Waals surface area contributed by atoms with Crippen LogP contribution >= 0.6 is 0 Å². The molecule has 0 radical (unpaired) electrons. The number of esters is 1. The number of fused-ring (bicyclic) bond motifs is 1. The molecule has 1 aliphatic heterocycles. The predicted molar refractivity (Wildman–Crippen MR) is 92.8 cm³/mol. The topological polar surface area (TPSA) is 69.0 Å². The summed E-state index contributed by atoms with van der Waals surface area (Å²) in [6.45, 7) is 3.01. The first-order chi connectivity index (χ1) is 12.1. The highest BCUT2D eigenvalue weighted by Gasteiger charge is 2.22. The van der Waals surface area contributed by atoms with Crippen LogP contribution in [0.15, 0.2) is 22.6 Å². The fourth-order valence-corrected chi connectivity index (χ4v) is 3.13. The molecule has 1 fully saturated rings. The Bertz CT molecular complexity index is 771. The molecule has 1 aliphatic rings. The standard InChI is InChI=1S/C19H23NO5/c1-13-15-11-14(23-2)7-8-16(15)25-18(13)19(22)24-12-17(21)20-9-5-3-4-6-10-20/h7-8,11H,3-6,9-10,12H2,1-2H3. The highest BCUT2D eigenvalue weighted by atomic mass is 16.5. The summed E-state index contributed by atoms with van der Waals surface area (Å²) in [5, 5.41) is 0.796. The Hall–Kier alpha value is -2.50. The molecule has 1 amide bonds. The average molecular weight is 345 g/mol. The van der Waals surface area contributed by atoms with Gasteiger partial charge in [0.15, 0.2) is 6.61 Å². The third-order valence-electron chi connectivity index (χ3n) is 4.61. The van der Waals surface area contributed by atoms with Crippen molar-refractivity contribution in [3.05, 3.63) is 29.5 Å². The molecule has 0 bridgehead atoms. The summed E-state index contributed by atoms with van der Waals surface area (Å²) in [4.78, 5) is 26.3. The predicted octanol–water partition coefficient (Wildman–Crippen LogP) is 3.31. The van der Waals surface area contributed by atoms with Crippen LogP contribution < -0.4 is 4.74 Å². The third-order valence-corrected chi connectivity index (χ3v) is 4.61. The minimum atomic E-state index is -0.615. The van der Waals surface area contributed by atoms with Crippen molar-refractivity contribution in [2.75, 3.05) is 26.8 Å². The van der Waals surface area contributed by atoms with Crippen LogP contribution in [0.2, 0.25) is 0 Å². The summed E-state index contributed by atoms with van der Waals surface area (Å²) in [5.74, 6) is 0.0566. The number of ether oxygens (including phenoxy) is 2. The summed E-state index contributed by atoms with van der Waals surface area (Å²) < 4.78 is 16.0. The van der Waals surface area contributed by atoms with Gasteiger partial charge in [0.05, 0.1) is 7.11 Å². The SMILES string of the molecule is COc1ccc2oc(C(=O)OCC(=O)N3CCCCCC3)c(C)c2c1. The molecular formula is C19H23NO5. The average Bonchev–Trinajstić information content (AvgIpc) is 2.81. The molecule has 0 unspecified atom stereocenters. The van der Waals surface area contributed by atoms with E-state index < -0.39 is 5.97 Å². The molecule has 0 spiro atoms. The van der Waals surface area contributed by atoms with E-state index in [2.05, 4.69) is 0 Å². The molecule has 0 N–H and O–H groups in total. The fraction of sp³-hybridized carbons (Fsp3) is 0.474. The van der Waals surface area contributed by atoms with Crippen molar-refractivity contribution in [2.45, 2.75) is 32.6 Å². The van der Waals surface area contributed by atoms with Crippen molar-refractivity contribution in [1.82, 2.24) is 4.90 Å². The summed E-state index contributed by atoms with van der Waals surface area (Å²) in [5.41, 5.74) is 1.27. The van der Waals surface area contributed by atoms with Crippen molar-refractivity contribution in [2.24, 2.45) is 0 Å². The Balaban J connectivity index is 1.67. The zero-order valence-electron chi connectivity index (χ0n) is 14.7. The number of furan rings is 1. The Morgan fingerprint density at radius 2 is 1.88 bits per heavy atom. The number of likely N-dealkylation sites (tertiary alicyclic amines) is 1. The summed E-state index contributed by atoms with van der Waals surface area (Å²) in [6.07, 6.45) is 4.30. The number of rotatable bonds is 4. The first-order valence-corrected chi connectivity index (χ1v) is 8.62. The quantitative estimate of drug-likeness (QED) is 0.795. The maximum absolute atomic E-state index is 12.3. The number of nitrogens with zero attached hydrogens (tertiary/aromatic N) is 1. The van der Waals surface area contributed by atoms with Crippen LogP contribution in [-0.2, 0) is 9.53 Å². The van der Waals surface area contributed by atoms with Gasteiger partial charge < -0.3 is 18.8 Å². The normalized spacial score (nSPS) is 15.0. The van der Waals surface area contributed by atoms with Crippen LogP contribution in [0.25, 0.3) is 11.0 Å². The number of carbonyl (C=O) groups excluding carboxylic acids is 2. The van der Waals surface area contributed by atoms with E-state index in [9.17, 15) is 9.59 Å². The van der Waals surface area contributed by atoms with Crippen LogP contribution in [-0.4, -0.2) is 43.6 Å². The van der Waals surface area contributed by atoms with Crippen molar-refractivity contribution in [3.63, 3.8) is 0 Å².